The van der Waals surface area contributed by atoms with Crippen molar-refractivity contribution in [1.82, 2.24) is 4.90 Å². The molecule has 1 aliphatic rings. The summed E-state index contributed by atoms with van der Waals surface area (Å²) in [5.74, 6) is 0.0894. The molecule has 4 nitrogen and oxygen atoms in total. The number of nitrogens with two attached hydrogens (primary N) is 1. The van der Waals surface area contributed by atoms with Crippen LogP contribution in [-0.2, 0) is 11.3 Å². The number of carbonyl (C=O) groups is 1. The highest BCUT2D eigenvalue weighted by atomic mass is 16.2. The van der Waals surface area contributed by atoms with E-state index in [1.54, 1.807) is 24.1 Å². The van der Waals surface area contributed by atoms with Crippen LogP contribution in [0.2, 0.25) is 0 Å². The van der Waals surface area contributed by atoms with Crippen LogP contribution in [-0.4, -0.2) is 23.4 Å². The number of nitrogens with zero attached hydrogens (tertiary/aromatic N) is 2. The third-order valence-corrected chi connectivity index (χ3v) is 3.78. The Bertz CT molecular complexity index is 497. The first kappa shape index (κ1) is 13.6. The van der Waals surface area contributed by atoms with Crippen LogP contribution < -0.4 is 5.73 Å². The fourth-order valence-corrected chi connectivity index (χ4v) is 2.29. The van der Waals surface area contributed by atoms with Crippen LogP contribution in [0.5, 0.6) is 0 Å². The monoisotopic (exact) mass is 257 g/mol. The zero-order chi connectivity index (χ0) is 13.9. The van der Waals surface area contributed by atoms with E-state index in [0.29, 0.717) is 18.5 Å². The summed E-state index contributed by atoms with van der Waals surface area (Å²) >= 11 is 0. The Hall–Kier alpha value is -1.86. The van der Waals surface area contributed by atoms with Crippen LogP contribution in [0.1, 0.15) is 36.8 Å². The van der Waals surface area contributed by atoms with E-state index in [2.05, 4.69) is 6.07 Å². The lowest BCUT2D eigenvalue weighted by Crippen LogP contribution is -2.50. The number of nitriles is 1. The van der Waals surface area contributed by atoms with Gasteiger partial charge in [-0.25, -0.2) is 0 Å². The molecule has 0 unspecified atom stereocenters. The lowest BCUT2D eigenvalue weighted by Gasteiger charge is -2.38. The first-order valence-electron chi connectivity index (χ1n) is 6.54. The van der Waals surface area contributed by atoms with Crippen molar-refractivity contribution in [2.24, 2.45) is 5.73 Å². The lowest BCUT2D eigenvalue weighted by molar-refractivity contribution is -0.132. The smallest absolute Gasteiger partial charge is 0.224 e. The van der Waals surface area contributed by atoms with E-state index in [-0.39, 0.29) is 11.4 Å². The number of carbonyl (C=O) groups excluding carboxylic acids is 1. The van der Waals surface area contributed by atoms with Crippen molar-refractivity contribution in [2.75, 3.05) is 7.05 Å². The molecule has 0 saturated heterocycles. The molecule has 0 bridgehead atoms. The number of amides is 1. The van der Waals surface area contributed by atoms with E-state index in [9.17, 15) is 4.79 Å². The summed E-state index contributed by atoms with van der Waals surface area (Å²) < 4.78 is 0. The Kier molecular flexibility index (Phi) is 3.87. The van der Waals surface area contributed by atoms with Crippen molar-refractivity contribution >= 4 is 5.91 Å². The maximum atomic E-state index is 12.1. The molecule has 100 valence electrons. The highest BCUT2D eigenvalue weighted by Crippen LogP contribution is 2.32. The Labute approximate surface area is 113 Å². The average Bonchev–Trinajstić information content (AvgIpc) is 2.37. The van der Waals surface area contributed by atoms with Crippen LogP contribution in [0.3, 0.4) is 0 Å². The summed E-state index contributed by atoms with van der Waals surface area (Å²) in [6, 6.07) is 9.37. The van der Waals surface area contributed by atoms with Crippen LogP contribution in [0.4, 0.5) is 0 Å². The summed E-state index contributed by atoms with van der Waals surface area (Å²) in [5.41, 5.74) is 7.48. The second kappa shape index (κ2) is 5.41. The zero-order valence-electron chi connectivity index (χ0n) is 11.2. The fraction of sp³-hybridized carbons (Fsp3) is 0.467. The van der Waals surface area contributed by atoms with Gasteiger partial charge in [0.25, 0.3) is 0 Å². The predicted octanol–water partition coefficient (Wildman–Crippen LogP) is 1.79. The molecule has 0 atom stereocenters. The van der Waals surface area contributed by atoms with Gasteiger partial charge in [-0.3, -0.25) is 4.79 Å². The fourth-order valence-electron chi connectivity index (χ4n) is 2.29. The van der Waals surface area contributed by atoms with Gasteiger partial charge >= 0.3 is 0 Å². The van der Waals surface area contributed by atoms with Gasteiger partial charge in [-0.05, 0) is 37.0 Å². The van der Waals surface area contributed by atoms with Gasteiger partial charge in [0.2, 0.25) is 5.91 Å². The molecule has 1 saturated carbocycles. The number of rotatable bonds is 4. The van der Waals surface area contributed by atoms with E-state index < -0.39 is 0 Å². The van der Waals surface area contributed by atoms with Gasteiger partial charge in [0.1, 0.15) is 0 Å². The summed E-state index contributed by atoms with van der Waals surface area (Å²) in [5, 5.41) is 8.73. The molecule has 0 aliphatic heterocycles. The second-order valence-electron chi connectivity index (χ2n) is 5.45. The van der Waals surface area contributed by atoms with Gasteiger partial charge in [0.15, 0.2) is 0 Å². The predicted molar refractivity (Wildman–Crippen MR) is 73.0 cm³/mol. The maximum absolute atomic E-state index is 12.1. The molecule has 0 radical (unpaired) electrons. The third kappa shape index (κ3) is 3.33. The molecule has 4 heteroatoms. The number of hydrogen-bond acceptors (Lipinski definition) is 3. The lowest BCUT2D eigenvalue weighted by atomic mass is 9.75. The van der Waals surface area contributed by atoms with Crippen molar-refractivity contribution in [3.05, 3.63) is 35.4 Å². The normalized spacial score (nSPS) is 16.3. The van der Waals surface area contributed by atoms with Crippen LogP contribution in [0, 0.1) is 11.3 Å². The Balaban J connectivity index is 1.90. The van der Waals surface area contributed by atoms with Gasteiger partial charge in [-0.1, -0.05) is 12.1 Å². The molecule has 1 aromatic carbocycles. The van der Waals surface area contributed by atoms with Gasteiger partial charge in [-0.15, -0.1) is 0 Å². The average molecular weight is 257 g/mol. The van der Waals surface area contributed by atoms with Crippen molar-refractivity contribution in [3.8, 4) is 6.07 Å². The van der Waals surface area contributed by atoms with Crippen LogP contribution in [0.15, 0.2) is 24.3 Å². The minimum absolute atomic E-state index is 0.0894. The molecule has 0 spiro atoms. The Morgan fingerprint density at radius 2 is 2.05 bits per heavy atom. The highest BCUT2D eigenvalue weighted by Gasteiger charge is 2.35. The molecule has 19 heavy (non-hydrogen) atoms. The number of benzene rings is 1. The van der Waals surface area contributed by atoms with Gasteiger partial charge in [0, 0.05) is 25.6 Å². The Morgan fingerprint density at radius 3 is 2.53 bits per heavy atom. The molecular weight excluding hydrogens is 238 g/mol. The highest BCUT2D eigenvalue weighted by molar-refractivity contribution is 5.77. The van der Waals surface area contributed by atoms with E-state index in [0.717, 1.165) is 24.8 Å². The Morgan fingerprint density at radius 1 is 1.42 bits per heavy atom. The first-order chi connectivity index (χ1) is 9.02. The minimum atomic E-state index is -0.268. The SMILES string of the molecule is CN(Cc1ccc(C#N)cc1)C(=O)CC1(N)CCC1. The molecule has 2 N–H and O–H groups in total. The molecule has 1 amide bonds. The molecule has 0 aromatic heterocycles. The third-order valence-electron chi connectivity index (χ3n) is 3.78. The zero-order valence-corrected chi connectivity index (χ0v) is 11.2. The van der Waals surface area contributed by atoms with E-state index in [4.69, 9.17) is 11.0 Å². The standard InChI is InChI=1S/C15H19N3O/c1-18(14(19)9-15(17)7-2-8-15)11-13-5-3-12(10-16)4-6-13/h3-6H,2,7-9,11,17H2,1H3. The van der Waals surface area contributed by atoms with Crippen molar-refractivity contribution in [3.63, 3.8) is 0 Å². The summed E-state index contributed by atoms with van der Waals surface area (Å²) in [6.07, 6.45) is 3.45. The maximum Gasteiger partial charge on any atom is 0.224 e. The molecular formula is C15H19N3O. The van der Waals surface area contributed by atoms with Crippen LogP contribution in [0.25, 0.3) is 0 Å². The topological polar surface area (TPSA) is 70.1 Å². The summed E-state index contributed by atoms with van der Waals surface area (Å²) in [4.78, 5) is 13.8. The van der Waals surface area contributed by atoms with E-state index in [1.165, 1.54) is 0 Å². The molecule has 2 rings (SSSR count). The molecule has 1 fully saturated rings. The molecule has 1 aliphatic carbocycles. The molecule has 0 heterocycles. The van der Waals surface area contributed by atoms with Crippen molar-refractivity contribution in [2.45, 2.75) is 37.8 Å². The van der Waals surface area contributed by atoms with Gasteiger partial charge < -0.3 is 10.6 Å². The quantitative estimate of drug-likeness (QED) is 0.894. The number of hydrogen-bond donors (Lipinski definition) is 1. The van der Waals surface area contributed by atoms with Gasteiger partial charge in [-0.2, -0.15) is 5.26 Å². The minimum Gasteiger partial charge on any atom is -0.341 e. The van der Waals surface area contributed by atoms with Gasteiger partial charge in [0.05, 0.1) is 11.6 Å². The van der Waals surface area contributed by atoms with Crippen molar-refractivity contribution < 1.29 is 4.79 Å². The van der Waals surface area contributed by atoms with E-state index in [1.807, 2.05) is 12.1 Å². The largest absolute Gasteiger partial charge is 0.341 e. The second-order valence-corrected chi connectivity index (χ2v) is 5.45. The van der Waals surface area contributed by atoms with Crippen molar-refractivity contribution in [1.29, 1.82) is 5.26 Å². The van der Waals surface area contributed by atoms with Crippen LogP contribution >= 0.6 is 0 Å². The summed E-state index contributed by atoms with van der Waals surface area (Å²) in [7, 11) is 1.79. The molecule has 1 aromatic rings. The first-order valence-corrected chi connectivity index (χ1v) is 6.54. The summed E-state index contributed by atoms with van der Waals surface area (Å²) in [6.45, 7) is 0.556. The van der Waals surface area contributed by atoms with E-state index >= 15 is 0 Å².